The Hall–Kier alpha value is -2.54. The van der Waals surface area contributed by atoms with Crippen LogP contribution in [0.15, 0.2) is 102 Å². The number of fused-ring (bicyclic) bond motifs is 2. The van der Waals surface area contributed by atoms with Crippen LogP contribution in [0.5, 0.6) is 0 Å². The quantitative estimate of drug-likeness (QED) is 0.179. The number of hydrogen-bond acceptors (Lipinski definition) is 0. The van der Waals surface area contributed by atoms with Crippen LogP contribution in [0.2, 0.25) is 22.4 Å². The SMILES string of the molecule is CC1=Cc2c(-c3ccccc3)cccc2[CH]1[Zr]([CH3])([CH3])([CH]1C(C(C)C)=Cc2c(-c3ccc(C(C)(C)C)cc3)cccc21)[SiH](C)C. The molecule has 2 aliphatic carbocycles. The number of hydrogen-bond donors (Lipinski definition) is 0. The normalized spacial score (nSPS) is 19.0. The fraction of sp³-hybridized carbons (Fsp3) is 0.333. The van der Waals surface area contributed by atoms with Crippen LogP contribution in [0.1, 0.15) is 76.6 Å². The van der Waals surface area contributed by atoms with Crippen molar-refractivity contribution >= 4 is 18.1 Å². The first-order chi connectivity index (χ1) is 20.7. The zero-order valence-electron chi connectivity index (χ0n) is 28.6. The molecule has 4 aromatic carbocycles. The van der Waals surface area contributed by atoms with Gasteiger partial charge in [-0.2, -0.15) is 0 Å². The van der Waals surface area contributed by atoms with Crippen LogP contribution in [-0.2, 0) is 23.4 Å². The summed E-state index contributed by atoms with van der Waals surface area (Å²) in [7, 11) is 0. The predicted octanol–water partition coefficient (Wildman–Crippen LogP) is 12.3. The van der Waals surface area contributed by atoms with Gasteiger partial charge in [-0.15, -0.1) is 0 Å². The first-order valence-corrected chi connectivity index (χ1v) is 31.6. The summed E-state index contributed by atoms with van der Waals surface area (Å²) >= 11 is -3.71. The zero-order valence-corrected chi connectivity index (χ0v) is 32.2. The standard InChI is InChI=1S/C22H25.C16H13.C2H7Si.2CH3.Zr/c1-15(2)18-13-17-7-6-8-20(21(17)14-18)16-9-11-19(12-10-16)22(3,4)5;1-12-10-14-8-5-9-15(16(14)11-12)13-6-3-2-4-7-13;1-3-2;;;/h6-15H,1-5H3;2-11H,1H3;3H,1-2H3;2*1H3;. The summed E-state index contributed by atoms with van der Waals surface area (Å²) in [6, 6.07) is 34.8. The van der Waals surface area contributed by atoms with Crippen molar-refractivity contribution in [2.45, 2.75) is 76.6 Å². The molecule has 0 N–H and O–H groups in total. The molecule has 0 aromatic heterocycles. The Balaban J connectivity index is 1.55. The van der Waals surface area contributed by atoms with Crippen LogP contribution in [0.3, 0.4) is 0 Å². The van der Waals surface area contributed by atoms with Gasteiger partial charge in [0, 0.05) is 0 Å². The summed E-state index contributed by atoms with van der Waals surface area (Å²) in [5.41, 5.74) is 16.5. The van der Waals surface area contributed by atoms with E-state index in [1.807, 2.05) is 0 Å². The van der Waals surface area contributed by atoms with Gasteiger partial charge < -0.3 is 0 Å². The third-order valence-corrected chi connectivity index (χ3v) is 58.7. The van der Waals surface area contributed by atoms with Crippen molar-refractivity contribution in [1.82, 2.24) is 0 Å². The van der Waals surface area contributed by atoms with E-state index in [1.54, 1.807) is 22.3 Å². The first kappa shape index (κ1) is 31.4. The maximum atomic E-state index is 2.88. The minimum absolute atomic E-state index is 0.156. The molecule has 0 bridgehead atoms. The molecule has 0 radical (unpaired) electrons. The molecule has 2 heteroatoms. The number of benzene rings is 4. The first-order valence-electron chi connectivity index (χ1n) is 16.7. The van der Waals surface area contributed by atoms with Gasteiger partial charge in [0.1, 0.15) is 0 Å². The molecule has 0 fully saturated rings. The second-order valence-electron chi connectivity index (χ2n) is 16.3. The molecule has 4 aromatic rings. The summed E-state index contributed by atoms with van der Waals surface area (Å²) in [4.78, 5) is 0. The van der Waals surface area contributed by atoms with Gasteiger partial charge in [0.15, 0.2) is 0 Å². The van der Waals surface area contributed by atoms with Crippen molar-refractivity contribution in [3.8, 4) is 22.3 Å². The van der Waals surface area contributed by atoms with E-state index >= 15 is 0 Å². The molecule has 2 atom stereocenters. The van der Waals surface area contributed by atoms with Gasteiger partial charge in [0.05, 0.1) is 0 Å². The topological polar surface area (TPSA) is 0 Å². The van der Waals surface area contributed by atoms with Crippen molar-refractivity contribution in [3.05, 3.63) is 130 Å². The Labute approximate surface area is 269 Å². The minimum atomic E-state index is -3.71. The molecule has 0 saturated carbocycles. The average Bonchev–Trinajstić information content (AvgIpc) is 3.56. The molecule has 0 saturated heterocycles. The van der Waals surface area contributed by atoms with E-state index in [2.05, 4.69) is 167 Å². The van der Waals surface area contributed by atoms with Crippen LogP contribution in [0, 0.1) is 5.92 Å². The molecule has 0 amide bonds. The van der Waals surface area contributed by atoms with Gasteiger partial charge in [-0.1, -0.05) is 0 Å². The summed E-state index contributed by atoms with van der Waals surface area (Å²) in [5.74, 6) is -0.616. The van der Waals surface area contributed by atoms with Gasteiger partial charge in [-0.05, 0) is 0 Å². The Bertz CT molecular complexity index is 1780. The Kier molecular flexibility index (Phi) is 7.91. The molecule has 0 nitrogen and oxygen atoms in total. The molecule has 0 spiro atoms. The summed E-state index contributed by atoms with van der Waals surface area (Å²) < 4.78 is 6.89. The van der Waals surface area contributed by atoms with Crippen molar-refractivity contribution < 1.29 is 17.9 Å². The Morgan fingerprint density at radius 1 is 0.636 bits per heavy atom. The average molecular weight is 675 g/mol. The zero-order chi connectivity index (χ0) is 31.6. The van der Waals surface area contributed by atoms with Gasteiger partial charge in [0.25, 0.3) is 0 Å². The van der Waals surface area contributed by atoms with Crippen LogP contribution < -0.4 is 0 Å². The van der Waals surface area contributed by atoms with E-state index in [0.29, 0.717) is 13.2 Å². The van der Waals surface area contributed by atoms with Crippen LogP contribution in [-0.4, -0.2) is 5.92 Å². The second kappa shape index (κ2) is 11.1. The molecule has 2 unspecified atom stereocenters. The summed E-state index contributed by atoms with van der Waals surface area (Å²) in [6.07, 6.45) is 5.21. The van der Waals surface area contributed by atoms with E-state index in [1.165, 1.54) is 38.9 Å². The Morgan fingerprint density at radius 3 is 1.68 bits per heavy atom. The van der Waals surface area contributed by atoms with Crippen molar-refractivity contribution in [2.24, 2.45) is 5.92 Å². The maximum absolute atomic E-state index is 3.71. The van der Waals surface area contributed by atoms with Crippen LogP contribution in [0.4, 0.5) is 0 Å². The third kappa shape index (κ3) is 4.87. The molecule has 44 heavy (non-hydrogen) atoms. The van der Waals surface area contributed by atoms with Gasteiger partial charge in [-0.3, -0.25) is 0 Å². The van der Waals surface area contributed by atoms with Crippen molar-refractivity contribution in [1.29, 1.82) is 0 Å². The molecule has 0 aliphatic heterocycles. The van der Waals surface area contributed by atoms with E-state index in [0.717, 1.165) is 0 Å². The fourth-order valence-electron chi connectivity index (χ4n) is 8.81. The molecular weight excluding hydrogens is 624 g/mol. The van der Waals surface area contributed by atoms with Gasteiger partial charge in [-0.25, -0.2) is 0 Å². The van der Waals surface area contributed by atoms with Crippen molar-refractivity contribution in [3.63, 3.8) is 0 Å². The summed E-state index contributed by atoms with van der Waals surface area (Å²) in [5, 5.41) is 0. The van der Waals surface area contributed by atoms with Crippen molar-refractivity contribution in [2.75, 3.05) is 0 Å². The fourth-order valence-corrected chi connectivity index (χ4v) is 39.0. The van der Waals surface area contributed by atoms with E-state index in [4.69, 9.17) is 0 Å². The Morgan fingerprint density at radius 2 is 1.16 bits per heavy atom. The predicted molar refractivity (Wildman–Crippen MR) is 195 cm³/mol. The van der Waals surface area contributed by atoms with Gasteiger partial charge >= 0.3 is 271 Å². The molecule has 2 aliphatic rings. The third-order valence-electron chi connectivity index (χ3n) is 11.8. The molecule has 6 rings (SSSR count). The van der Waals surface area contributed by atoms with Crippen LogP contribution in [0.25, 0.3) is 34.4 Å². The molecule has 0 heterocycles. The summed E-state index contributed by atoms with van der Waals surface area (Å²) in [6.45, 7) is 19.6. The number of rotatable bonds is 6. The number of allylic oxidation sites excluding steroid dienone is 2. The van der Waals surface area contributed by atoms with E-state index < -0.39 is 23.9 Å². The van der Waals surface area contributed by atoms with Crippen LogP contribution >= 0.6 is 0 Å². The molecule has 227 valence electrons. The molecular formula is C42H51SiZr. The second-order valence-corrected chi connectivity index (χ2v) is 54.1. The van der Waals surface area contributed by atoms with Gasteiger partial charge in [0.2, 0.25) is 0 Å². The van der Waals surface area contributed by atoms with E-state index in [-0.39, 0.29) is 5.41 Å². The monoisotopic (exact) mass is 673 g/mol. The van der Waals surface area contributed by atoms with E-state index in [9.17, 15) is 0 Å².